The molecule has 0 amide bonds. The van der Waals surface area contributed by atoms with Crippen LogP contribution in [0.25, 0.3) is 0 Å². The largest absolute Gasteiger partial charge is 0.0747 e. The van der Waals surface area contributed by atoms with Crippen LogP contribution in [-0.4, -0.2) is 9.63 Å². The van der Waals surface area contributed by atoms with Crippen LogP contribution in [0.15, 0.2) is 0 Å². The highest BCUT2D eigenvalue weighted by Crippen LogP contribution is 2.22. The van der Waals surface area contributed by atoms with Crippen molar-refractivity contribution >= 4 is 53.3 Å². The summed E-state index contributed by atoms with van der Waals surface area (Å²) in [7, 11) is -0.761. The first-order valence-electron chi connectivity index (χ1n) is 2.23. The van der Waals surface area contributed by atoms with Gasteiger partial charge in [-0.2, -0.15) is 0 Å². The summed E-state index contributed by atoms with van der Waals surface area (Å²) in [6.07, 6.45) is 0. The molecule has 7 heavy (non-hydrogen) atoms. The lowest BCUT2D eigenvalue weighted by Gasteiger charge is -2.16. The van der Waals surface area contributed by atoms with E-state index in [9.17, 15) is 0 Å². The summed E-state index contributed by atoms with van der Waals surface area (Å²) in [4.78, 5) is 0. The molecule has 0 bridgehead atoms. The van der Waals surface area contributed by atoms with Gasteiger partial charge in [0.25, 0.3) is 0 Å². The quantitative estimate of drug-likeness (QED) is 0.391. The second-order valence-corrected chi connectivity index (χ2v) is 15.2. The van der Waals surface area contributed by atoms with E-state index >= 15 is 0 Å². The van der Waals surface area contributed by atoms with Crippen molar-refractivity contribution in [3.05, 3.63) is 0 Å². The summed E-state index contributed by atoms with van der Waals surface area (Å²) in [6.45, 7) is 7.16. The van der Waals surface area contributed by atoms with Crippen LogP contribution in [0.4, 0.5) is 0 Å². The topological polar surface area (TPSA) is 0 Å². The molecule has 44 valence electrons. The van der Waals surface area contributed by atoms with E-state index in [2.05, 4.69) is 64.8 Å². The average Bonchev–Trinajstić information content (AvgIpc) is 1.31. The zero-order chi connectivity index (χ0) is 6.08. The van der Waals surface area contributed by atoms with E-state index in [0.29, 0.717) is 0 Å². The lowest BCUT2D eigenvalue weighted by atomic mass is 11.8. The van der Waals surface area contributed by atoms with Gasteiger partial charge in [-0.1, -0.05) is 64.8 Å². The third kappa shape index (κ3) is 4.20. The summed E-state index contributed by atoms with van der Waals surface area (Å²) < 4.78 is 0.877. The highest BCUT2D eigenvalue weighted by molar-refractivity contribution is 14.2. The highest BCUT2D eigenvalue weighted by atomic mass is 127. The Balaban J connectivity index is 3.54. The van der Waals surface area contributed by atoms with Crippen molar-refractivity contribution in [3.8, 4) is 0 Å². The van der Waals surface area contributed by atoms with E-state index in [4.69, 9.17) is 0 Å². The van der Waals surface area contributed by atoms with E-state index in [1.54, 1.807) is 0 Å². The molecule has 0 radical (unpaired) electrons. The third-order valence-corrected chi connectivity index (χ3v) is 13.2. The monoisotopic (exact) mass is 340 g/mol. The lowest BCUT2D eigenvalue weighted by molar-refractivity contribution is 1.68. The zero-order valence-corrected chi connectivity index (χ0v) is 10.1. The van der Waals surface area contributed by atoms with Gasteiger partial charge in [0.2, 0.25) is 0 Å². The van der Waals surface area contributed by atoms with Crippen molar-refractivity contribution in [3.63, 3.8) is 0 Å². The van der Waals surface area contributed by atoms with Gasteiger partial charge >= 0.3 is 0 Å². The van der Waals surface area contributed by atoms with Crippen LogP contribution in [0.1, 0.15) is 0 Å². The second-order valence-electron chi connectivity index (χ2n) is 2.67. The van der Waals surface area contributed by atoms with Gasteiger partial charge in [0.05, 0.1) is 9.63 Å². The number of alkyl halides is 2. The first-order chi connectivity index (χ1) is 2.94. The molecular weight excluding hydrogens is 330 g/mol. The zero-order valence-electron chi connectivity index (χ0n) is 4.83. The van der Waals surface area contributed by atoms with E-state index in [-0.39, 0.29) is 0 Å². The maximum absolute atomic E-state index is 2.50. The second kappa shape index (κ2) is 3.00. The fourth-order valence-corrected chi connectivity index (χ4v) is 0. The molecule has 3 heteroatoms. The Kier molecular flexibility index (Phi) is 3.72. The maximum Gasteiger partial charge on any atom is 0.0709 e. The number of hydrogen-bond donors (Lipinski definition) is 0. The number of rotatable bonds is 1. The standard InChI is InChI=1S/C4H10I2Si/c1-7(2,3)4(5)6/h4H,1-3H3. The van der Waals surface area contributed by atoms with E-state index in [1.165, 1.54) is 0 Å². The molecule has 0 aromatic rings. The normalized spacial score (nSPS) is 12.9. The summed E-state index contributed by atoms with van der Waals surface area (Å²) in [5.41, 5.74) is 0. The number of halogens is 2. The average molecular weight is 340 g/mol. The van der Waals surface area contributed by atoms with E-state index in [1.807, 2.05) is 0 Å². The van der Waals surface area contributed by atoms with Gasteiger partial charge < -0.3 is 0 Å². The minimum absolute atomic E-state index is 0.761. The minimum Gasteiger partial charge on any atom is -0.0747 e. The summed E-state index contributed by atoms with van der Waals surface area (Å²) in [5.74, 6) is 0. The molecule has 0 saturated heterocycles. The van der Waals surface area contributed by atoms with Crippen molar-refractivity contribution in [1.82, 2.24) is 0 Å². The molecule has 0 aromatic heterocycles. The van der Waals surface area contributed by atoms with Gasteiger partial charge in [-0.3, -0.25) is 0 Å². The molecule has 0 spiro atoms. The van der Waals surface area contributed by atoms with Gasteiger partial charge in [-0.15, -0.1) is 0 Å². The predicted molar refractivity (Wildman–Crippen MR) is 55.2 cm³/mol. The van der Waals surface area contributed by atoms with Crippen LogP contribution >= 0.6 is 45.2 Å². The SMILES string of the molecule is C[Si](C)(C)C(I)I. The molecule has 0 unspecified atom stereocenters. The summed E-state index contributed by atoms with van der Waals surface area (Å²) in [5, 5.41) is 0. The van der Waals surface area contributed by atoms with Crippen molar-refractivity contribution in [2.45, 2.75) is 21.2 Å². The van der Waals surface area contributed by atoms with Crippen molar-refractivity contribution in [1.29, 1.82) is 0 Å². The Bertz CT molecular complexity index is 55.2. The van der Waals surface area contributed by atoms with Crippen LogP contribution in [-0.2, 0) is 0 Å². The third-order valence-electron chi connectivity index (χ3n) is 0.655. The smallest absolute Gasteiger partial charge is 0.0709 e. The molecule has 0 aromatic carbocycles. The van der Waals surface area contributed by atoms with Gasteiger partial charge in [0.1, 0.15) is 0 Å². The summed E-state index contributed by atoms with van der Waals surface area (Å²) >= 11 is 5.00. The molecule has 0 atom stereocenters. The Hall–Kier alpha value is 1.68. The van der Waals surface area contributed by atoms with Gasteiger partial charge in [-0.25, -0.2) is 0 Å². The van der Waals surface area contributed by atoms with Crippen LogP contribution in [0.2, 0.25) is 19.6 Å². The molecule has 0 N–H and O–H groups in total. The van der Waals surface area contributed by atoms with Crippen LogP contribution in [0.3, 0.4) is 0 Å². The van der Waals surface area contributed by atoms with E-state index in [0.717, 1.165) is 1.55 Å². The fraction of sp³-hybridized carbons (Fsp3) is 1.00. The van der Waals surface area contributed by atoms with E-state index < -0.39 is 8.07 Å². The molecule has 0 fully saturated rings. The Morgan fingerprint density at radius 1 is 1.14 bits per heavy atom. The molecule has 0 aliphatic carbocycles. The van der Waals surface area contributed by atoms with Crippen molar-refractivity contribution in [2.24, 2.45) is 0 Å². The predicted octanol–water partition coefficient (Wildman–Crippen LogP) is 3.06. The van der Waals surface area contributed by atoms with Gasteiger partial charge in [0, 0.05) is 0 Å². The molecule has 0 saturated carbocycles. The summed E-state index contributed by atoms with van der Waals surface area (Å²) in [6, 6.07) is 0. The lowest BCUT2D eigenvalue weighted by Crippen LogP contribution is -2.28. The van der Waals surface area contributed by atoms with Gasteiger partial charge in [0.15, 0.2) is 0 Å². The highest BCUT2D eigenvalue weighted by Gasteiger charge is 2.20. The number of hydrogen-bond acceptors (Lipinski definition) is 0. The minimum atomic E-state index is -0.761. The first-order valence-corrected chi connectivity index (χ1v) is 8.29. The van der Waals surface area contributed by atoms with Crippen molar-refractivity contribution < 1.29 is 0 Å². The molecule has 0 heterocycles. The molecular formula is C4H10I2Si. The van der Waals surface area contributed by atoms with Crippen LogP contribution < -0.4 is 0 Å². The van der Waals surface area contributed by atoms with Crippen LogP contribution in [0.5, 0.6) is 0 Å². The molecule has 0 nitrogen and oxygen atoms in total. The Labute approximate surface area is 73.7 Å². The molecule has 0 aliphatic heterocycles. The molecule has 0 rings (SSSR count). The Morgan fingerprint density at radius 3 is 1.29 bits per heavy atom. The fourth-order valence-electron chi connectivity index (χ4n) is 0. The van der Waals surface area contributed by atoms with Crippen molar-refractivity contribution in [2.75, 3.05) is 0 Å². The Morgan fingerprint density at radius 2 is 1.29 bits per heavy atom. The molecule has 0 aliphatic rings. The van der Waals surface area contributed by atoms with Crippen LogP contribution in [0, 0.1) is 0 Å². The first kappa shape index (κ1) is 8.68. The maximum atomic E-state index is 2.50. The van der Waals surface area contributed by atoms with Gasteiger partial charge in [-0.05, 0) is 0 Å².